The average Bonchev–Trinajstić information content (AvgIpc) is 2.50. The van der Waals surface area contributed by atoms with Crippen LogP contribution in [-0.2, 0) is 16.1 Å². The van der Waals surface area contributed by atoms with Crippen molar-refractivity contribution in [3.05, 3.63) is 57.1 Å². The van der Waals surface area contributed by atoms with Crippen molar-refractivity contribution in [2.45, 2.75) is 34.1 Å². The molecule has 0 N–H and O–H groups in total. The first kappa shape index (κ1) is 20.7. The van der Waals surface area contributed by atoms with Crippen LogP contribution in [0.2, 0.25) is 0 Å². The maximum absolute atomic E-state index is 12.0. The number of nitrogens with zero attached hydrogens (tertiary/aromatic N) is 1. The summed E-state index contributed by atoms with van der Waals surface area (Å²) in [6.45, 7) is 8.20. The molecular formula is C21H26BrNO2S. The third-order valence-electron chi connectivity index (χ3n) is 3.86. The fraction of sp³-hybridized carbons (Fsp3) is 0.333. The molecule has 0 unspecified atom stereocenters. The summed E-state index contributed by atoms with van der Waals surface area (Å²) in [4.78, 5) is 0. The molecule has 0 aliphatic rings. The summed E-state index contributed by atoms with van der Waals surface area (Å²) in [7, 11) is -2.21. The van der Waals surface area contributed by atoms with E-state index >= 15 is 0 Å². The van der Waals surface area contributed by atoms with E-state index in [1.807, 2.05) is 25.1 Å². The highest BCUT2D eigenvalue weighted by Crippen LogP contribution is 2.39. The Labute approximate surface area is 165 Å². The number of halogens is 1. The molecule has 0 aliphatic heterocycles. The van der Waals surface area contributed by atoms with Gasteiger partial charge in [0.1, 0.15) is 11.5 Å². The third-order valence-corrected chi connectivity index (χ3v) is 5.10. The minimum absolute atomic E-state index is 0.702. The van der Waals surface area contributed by atoms with Crippen LogP contribution in [0.25, 0.3) is 6.08 Å². The fourth-order valence-corrected chi connectivity index (χ4v) is 4.04. The molecular weight excluding hydrogens is 410 g/mol. The van der Waals surface area contributed by atoms with Crippen molar-refractivity contribution < 1.29 is 8.95 Å². The summed E-state index contributed by atoms with van der Waals surface area (Å²) in [6.07, 6.45) is 8.18. The Kier molecular flexibility index (Phi) is 6.69. The first-order valence-corrected chi connectivity index (χ1v) is 11.7. The lowest BCUT2D eigenvalue weighted by molar-refractivity contribution is 0.466. The number of hydrogen-bond acceptors (Lipinski definition) is 3. The molecule has 3 nitrogen and oxygen atoms in total. The lowest BCUT2D eigenvalue weighted by Crippen LogP contribution is -1.97. The molecule has 5 heteroatoms. The van der Waals surface area contributed by atoms with Gasteiger partial charge in [-0.3, -0.25) is 0 Å². The Hall–Kier alpha value is -1.59. The molecule has 0 heterocycles. The summed E-state index contributed by atoms with van der Waals surface area (Å²) in [5.74, 6) is 1.66. The topological polar surface area (TPSA) is 38.7 Å². The van der Waals surface area contributed by atoms with E-state index in [-0.39, 0.29) is 0 Å². The van der Waals surface area contributed by atoms with Crippen LogP contribution in [-0.4, -0.2) is 16.7 Å². The smallest absolute Gasteiger partial charge is 0.144 e. The van der Waals surface area contributed by atoms with Crippen LogP contribution in [0.3, 0.4) is 0 Å². The van der Waals surface area contributed by atoms with Crippen LogP contribution in [0.15, 0.2) is 39.2 Å². The number of rotatable bonds is 5. The molecule has 0 radical (unpaired) electrons. The van der Waals surface area contributed by atoms with E-state index < -0.39 is 9.73 Å². The molecule has 0 atom stereocenters. The van der Waals surface area contributed by atoms with Crippen LogP contribution < -0.4 is 4.74 Å². The number of ether oxygens (including phenoxy) is 1. The van der Waals surface area contributed by atoms with E-state index in [0.29, 0.717) is 5.69 Å². The molecule has 2 rings (SSSR count). The normalized spacial score (nSPS) is 11.8. The van der Waals surface area contributed by atoms with Gasteiger partial charge in [-0.1, -0.05) is 19.1 Å². The van der Waals surface area contributed by atoms with Gasteiger partial charge in [-0.15, -0.1) is 0 Å². The van der Waals surface area contributed by atoms with Crippen molar-refractivity contribution in [1.29, 1.82) is 0 Å². The second kappa shape index (κ2) is 8.40. The summed E-state index contributed by atoms with van der Waals surface area (Å²) in [5, 5.41) is 0. The van der Waals surface area contributed by atoms with E-state index in [1.165, 1.54) is 5.56 Å². The zero-order chi connectivity index (χ0) is 19.5. The van der Waals surface area contributed by atoms with E-state index in [4.69, 9.17) is 4.74 Å². The largest absolute Gasteiger partial charge is 0.455 e. The Bertz CT molecular complexity index is 939. The Morgan fingerprint density at radius 1 is 1.12 bits per heavy atom. The van der Waals surface area contributed by atoms with Gasteiger partial charge in [0, 0.05) is 22.2 Å². The maximum atomic E-state index is 12.0. The van der Waals surface area contributed by atoms with E-state index in [9.17, 15) is 4.21 Å². The first-order valence-electron chi connectivity index (χ1n) is 8.56. The van der Waals surface area contributed by atoms with Crippen LogP contribution in [0.5, 0.6) is 11.5 Å². The van der Waals surface area contributed by atoms with Crippen LogP contribution >= 0.6 is 15.9 Å². The predicted octanol–water partition coefficient (Wildman–Crippen LogP) is 6.81. The van der Waals surface area contributed by atoms with Gasteiger partial charge < -0.3 is 4.74 Å². The molecule has 0 saturated carbocycles. The molecule has 2 aromatic carbocycles. The standard InChI is InChI=1S/C21H26BrNO2S/c1-7-9-16-10-14(3)20(15(4)11-16)25-21-17(8-2)12-18(13-19(21)22)23-26(5,6)24/h7,9-13H,8H2,1-6H3/b9-7+. The molecule has 0 fully saturated rings. The van der Waals surface area contributed by atoms with Crippen molar-refractivity contribution in [3.63, 3.8) is 0 Å². The Morgan fingerprint density at radius 3 is 2.23 bits per heavy atom. The highest BCUT2D eigenvalue weighted by Gasteiger charge is 2.14. The molecule has 0 aliphatic carbocycles. The summed E-state index contributed by atoms with van der Waals surface area (Å²) in [5.41, 5.74) is 5.07. The average molecular weight is 436 g/mol. The van der Waals surface area contributed by atoms with Gasteiger partial charge in [0.2, 0.25) is 0 Å². The zero-order valence-electron chi connectivity index (χ0n) is 16.2. The van der Waals surface area contributed by atoms with Crippen molar-refractivity contribution in [2.24, 2.45) is 4.36 Å². The minimum Gasteiger partial charge on any atom is -0.455 e. The highest BCUT2D eigenvalue weighted by molar-refractivity contribution is 9.10. The number of hydrogen-bond donors (Lipinski definition) is 0. The highest BCUT2D eigenvalue weighted by atomic mass is 79.9. The second-order valence-electron chi connectivity index (χ2n) is 6.63. The number of allylic oxidation sites excluding steroid dienone is 1. The van der Waals surface area contributed by atoms with Gasteiger partial charge >= 0.3 is 0 Å². The van der Waals surface area contributed by atoms with Crippen LogP contribution in [0, 0.1) is 13.8 Å². The molecule has 0 aromatic heterocycles. The summed E-state index contributed by atoms with van der Waals surface area (Å²) >= 11 is 3.60. The van der Waals surface area contributed by atoms with Crippen molar-refractivity contribution in [3.8, 4) is 11.5 Å². The quantitative estimate of drug-likeness (QED) is 0.516. The van der Waals surface area contributed by atoms with Gasteiger partial charge in [-0.25, -0.2) is 4.21 Å². The Balaban J connectivity index is 2.52. The van der Waals surface area contributed by atoms with Crippen molar-refractivity contribution in [2.75, 3.05) is 12.5 Å². The van der Waals surface area contributed by atoms with Gasteiger partial charge in [-0.05, 0) is 89.6 Å². The molecule has 140 valence electrons. The predicted molar refractivity (Wildman–Crippen MR) is 116 cm³/mol. The van der Waals surface area contributed by atoms with E-state index in [0.717, 1.165) is 39.1 Å². The molecule has 0 bridgehead atoms. The van der Waals surface area contributed by atoms with E-state index in [2.05, 4.69) is 59.3 Å². The fourth-order valence-electron chi connectivity index (χ4n) is 2.85. The van der Waals surface area contributed by atoms with Gasteiger partial charge in [0.05, 0.1) is 10.2 Å². The van der Waals surface area contributed by atoms with Crippen LogP contribution in [0.4, 0.5) is 5.69 Å². The molecule has 26 heavy (non-hydrogen) atoms. The zero-order valence-corrected chi connectivity index (χ0v) is 18.6. The summed E-state index contributed by atoms with van der Waals surface area (Å²) < 4.78 is 23.5. The minimum atomic E-state index is -2.21. The Morgan fingerprint density at radius 2 is 1.73 bits per heavy atom. The lowest BCUT2D eigenvalue weighted by Gasteiger charge is -2.17. The third kappa shape index (κ3) is 5.21. The van der Waals surface area contributed by atoms with Gasteiger partial charge in [0.15, 0.2) is 0 Å². The molecule has 0 amide bonds. The van der Waals surface area contributed by atoms with Gasteiger partial charge in [0.25, 0.3) is 0 Å². The van der Waals surface area contributed by atoms with Crippen molar-refractivity contribution >= 4 is 37.4 Å². The molecule has 0 saturated heterocycles. The lowest BCUT2D eigenvalue weighted by atomic mass is 10.0. The van der Waals surface area contributed by atoms with Crippen LogP contribution in [0.1, 0.15) is 36.1 Å². The number of benzene rings is 2. The maximum Gasteiger partial charge on any atom is 0.144 e. The second-order valence-corrected chi connectivity index (χ2v) is 10.0. The first-order chi connectivity index (χ1) is 12.1. The monoisotopic (exact) mass is 435 g/mol. The van der Waals surface area contributed by atoms with Crippen molar-refractivity contribution in [1.82, 2.24) is 0 Å². The van der Waals surface area contributed by atoms with E-state index in [1.54, 1.807) is 12.5 Å². The summed E-state index contributed by atoms with van der Waals surface area (Å²) in [6, 6.07) is 8.05. The number of aryl methyl sites for hydroxylation is 3. The van der Waals surface area contributed by atoms with Gasteiger partial charge in [-0.2, -0.15) is 4.36 Å². The molecule has 0 spiro atoms. The SMILES string of the molecule is C/C=C/c1cc(C)c(Oc2c(Br)cc(N=S(C)(C)=O)cc2CC)c(C)c1. The molecule has 2 aromatic rings.